The first-order valence-electron chi connectivity index (χ1n) is 14.7. The van der Waals surface area contributed by atoms with Crippen molar-refractivity contribution in [2.75, 3.05) is 49.2 Å². The van der Waals surface area contributed by atoms with E-state index in [2.05, 4.69) is 19.8 Å². The molecule has 1 aliphatic rings. The van der Waals surface area contributed by atoms with Crippen molar-refractivity contribution in [2.24, 2.45) is 0 Å². The predicted molar refractivity (Wildman–Crippen MR) is 163 cm³/mol. The molecule has 0 unspecified atom stereocenters. The van der Waals surface area contributed by atoms with Gasteiger partial charge in [-0.15, -0.1) is 0 Å². The predicted octanol–water partition coefficient (Wildman–Crippen LogP) is 3.91. The van der Waals surface area contributed by atoms with E-state index in [4.69, 9.17) is 18.9 Å². The SMILES string of the molecule is CC/C=C/COC(=O)[C@@H](C)OC(=O)c1ccc(N2CCN(c3ccc(C(=O)O[C@H](C)C(=O)OC/C=C/CC)cn3)CC2)nc1. The molecule has 0 saturated carbocycles. The first-order valence-corrected chi connectivity index (χ1v) is 14.7. The van der Waals surface area contributed by atoms with E-state index in [0.717, 1.165) is 12.8 Å². The van der Waals surface area contributed by atoms with Gasteiger partial charge in [-0.05, 0) is 51.0 Å². The number of pyridine rings is 2. The van der Waals surface area contributed by atoms with Gasteiger partial charge < -0.3 is 28.7 Å². The third-order valence-corrected chi connectivity index (χ3v) is 6.57. The smallest absolute Gasteiger partial charge is 0.347 e. The lowest BCUT2D eigenvalue weighted by Crippen LogP contribution is -2.47. The summed E-state index contributed by atoms with van der Waals surface area (Å²) in [5, 5.41) is 0. The van der Waals surface area contributed by atoms with Crippen LogP contribution in [0.25, 0.3) is 0 Å². The number of esters is 4. The Kier molecular flexibility index (Phi) is 13.3. The Labute approximate surface area is 257 Å². The molecule has 12 heteroatoms. The summed E-state index contributed by atoms with van der Waals surface area (Å²) >= 11 is 0. The zero-order chi connectivity index (χ0) is 31.9. The van der Waals surface area contributed by atoms with Crippen LogP contribution in [0, 0.1) is 0 Å². The number of allylic oxidation sites excluding steroid dienone is 2. The van der Waals surface area contributed by atoms with Gasteiger partial charge in [0.05, 0.1) is 11.1 Å². The summed E-state index contributed by atoms with van der Waals surface area (Å²) in [5.74, 6) is -1.14. The van der Waals surface area contributed by atoms with Gasteiger partial charge in [-0.3, -0.25) is 0 Å². The number of carbonyl (C=O) groups is 4. The van der Waals surface area contributed by atoms with Gasteiger partial charge in [-0.25, -0.2) is 29.1 Å². The van der Waals surface area contributed by atoms with E-state index >= 15 is 0 Å². The number of anilines is 2. The lowest BCUT2D eigenvalue weighted by molar-refractivity contribution is -0.152. The molecule has 0 spiro atoms. The second-order valence-corrected chi connectivity index (χ2v) is 9.90. The van der Waals surface area contributed by atoms with Gasteiger partial charge in [0.2, 0.25) is 0 Å². The Hall–Kier alpha value is -4.74. The van der Waals surface area contributed by atoms with Crippen LogP contribution >= 0.6 is 0 Å². The van der Waals surface area contributed by atoms with Gasteiger partial charge in [0, 0.05) is 38.6 Å². The van der Waals surface area contributed by atoms with Crippen molar-refractivity contribution in [1.82, 2.24) is 9.97 Å². The largest absolute Gasteiger partial charge is 0.459 e. The fourth-order valence-corrected chi connectivity index (χ4v) is 4.07. The zero-order valence-electron chi connectivity index (χ0n) is 25.6. The van der Waals surface area contributed by atoms with Crippen molar-refractivity contribution in [1.29, 1.82) is 0 Å². The molecule has 0 aliphatic carbocycles. The first kappa shape index (κ1) is 33.8. The molecule has 1 saturated heterocycles. The number of nitrogens with zero attached hydrogens (tertiary/aromatic N) is 4. The highest BCUT2D eigenvalue weighted by atomic mass is 16.6. The molecule has 1 fully saturated rings. The van der Waals surface area contributed by atoms with E-state index in [1.54, 1.807) is 36.4 Å². The Bertz CT molecular complexity index is 1200. The number of hydrogen-bond donors (Lipinski definition) is 0. The number of carbonyl (C=O) groups excluding carboxylic acids is 4. The number of piperazine rings is 1. The van der Waals surface area contributed by atoms with E-state index in [-0.39, 0.29) is 24.3 Å². The van der Waals surface area contributed by atoms with E-state index in [1.807, 2.05) is 26.0 Å². The third-order valence-electron chi connectivity index (χ3n) is 6.57. The van der Waals surface area contributed by atoms with Crippen LogP contribution in [0.1, 0.15) is 61.3 Å². The Morgan fingerprint density at radius 2 is 1.07 bits per heavy atom. The van der Waals surface area contributed by atoms with E-state index in [1.165, 1.54) is 26.2 Å². The quantitative estimate of drug-likeness (QED) is 0.175. The van der Waals surface area contributed by atoms with Crippen LogP contribution < -0.4 is 9.80 Å². The molecule has 44 heavy (non-hydrogen) atoms. The summed E-state index contributed by atoms with van der Waals surface area (Å²) in [6.07, 6.45) is 9.68. The molecule has 0 bridgehead atoms. The highest BCUT2D eigenvalue weighted by Crippen LogP contribution is 2.19. The Morgan fingerprint density at radius 3 is 1.39 bits per heavy atom. The van der Waals surface area contributed by atoms with Crippen LogP contribution in [0.5, 0.6) is 0 Å². The fraction of sp³-hybridized carbons (Fsp3) is 0.438. The van der Waals surface area contributed by atoms with Crippen LogP contribution in [0.3, 0.4) is 0 Å². The van der Waals surface area contributed by atoms with Crippen molar-refractivity contribution >= 4 is 35.5 Å². The van der Waals surface area contributed by atoms with Gasteiger partial charge in [-0.1, -0.05) is 38.2 Å². The summed E-state index contributed by atoms with van der Waals surface area (Å²) in [5.41, 5.74) is 0.465. The fourth-order valence-electron chi connectivity index (χ4n) is 4.07. The number of hydrogen-bond acceptors (Lipinski definition) is 12. The molecule has 3 heterocycles. The zero-order valence-corrected chi connectivity index (χ0v) is 25.6. The van der Waals surface area contributed by atoms with Crippen molar-refractivity contribution in [3.05, 3.63) is 72.1 Å². The molecule has 12 nitrogen and oxygen atoms in total. The maximum atomic E-state index is 12.5. The maximum Gasteiger partial charge on any atom is 0.347 e. The number of rotatable bonds is 14. The highest BCUT2D eigenvalue weighted by Gasteiger charge is 2.23. The van der Waals surface area contributed by atoms with E-state index in [9.17, 15) is 19.2 Å². The van der Waals surface area contributed by atoms with Crippen molar-refractivity contribution in [2.45, 2.75) is 52.7 Å². The molecule has 2 aromatic heterocycles. The minimum absolute atomic E-state index is 0.130. The lowest BCUT2D eigenvalue weighted by Gasteiger charge is -2.36. The molecule has 236 valence electrons. The van der Waals surface area contributed by atoms with Crippen molar-refractivity contribution in [3.8, 4) is 0 Å². The van der Waals surface area contributed by atoms with Gasteiger partial charge in [0.25, 0.3) is 0 Å². The number of ether oxygens (including phenoxy) is 4. The van der Waals surface area contributed by atoms with Crippen LogP contribution in [-0.4, -0.2) is 85.4 Å². The average molecular weight is 609 g/mol. The molecule has 3 rings (SSSR count). The minimum atomic E-state index is -1.04. The van der Waals surface area contributed by atoms with Crippen LogP contribution in [0.4, 0.5) is 11.6 Å². The van der Waals surface area contributed by atoms with Gasteiger partial charge in [0.15, 0.2) is 12.2 Å². The van der Waals surface area contributed by atoms with Crippen LogP contribution in [0.2, 0.25) is 0 Å². The second kappa shape index (κ2) is 17.4. The monoisotopic (exact) mass is 608 g/mol. The van der Waals surface area contributed by atoms with Crippen LogP contribution in [-0.2, 0) is 28.5 Å². The average Bonchev–Trinajstić information content (AvgIpc) is 3.05. The molecule has 0 amide bonds. The van der Waals surface area contributed by atoms with Gasteiger partial charge in [0.1, 0.15) is 24.8 Å². The Morgan fingerprint density at radius 1 is 0.682 bits per heavy atom. The molecular weight excluding hydrogens is 568 g/mol. The maximum absolute atomic E-state index is 12.5. The minimum Gasteiger partial charge on any atom is -0.459 e. The van der Waals surface area contributed by atoms with Crippen molar-refractivity contribution in [3.63, 3.8) is 0 Å². The van der Waals surface area contributed by atoms with Gasteiger partial charge >= 0.3 is 23.9 Å². The highest BCUT2D eigenvalue weighted by molar-refractivity contribution is 5.92. The standard InChI is InChI=1S/C32H40N4O8/c1-5-7-9-19-41-29(37)23(3)43-31(39)25-11-13-27(33-21-25)35-15-17-36(18-16-35)28-14-12-26(22-34-28)32(40)44-24(4)30(38)42-20-10-8-6-2/h7-14,21-24H,5-6,15-20H2,1-4H3/b9-7+,10-8+/t23-,24-/m1/s1. The molecule has 1 aliphatic heterocycles. The third kappa shape index (κ3) is 10.2. The summed E-state index contributed by atoms with van der Waals surface area (Å²) < 4.78 is 20.6. The van der Waals surface area contributed by atoms with Gasteiger partial charge in [-0.2, -0.15) is 0 Å². The normalized spacial score (nSPS) is 14.7. The molecule has 0 N–H and O–H groups in total. The summed E-state index contributed by atoms with van der Waals surface area (Å²) in [6, 6.07) is 6.70. The summed E-state index contributed by atoms with van der Waals surface area (Å²) in [7, 11) is 0. The summed E-state index contributed by atoms with van der Waals surface area (Å²) in [6.45, 7) is 9.77. The topological polar surface area (TPSA) is 137 Å². The van der Waals surface area contributed by atoms with E-state index in [0.29, 0.717) is 37.8 Å². The molecular formula is C32H40N4O8. The second-order valence-electron chi connectivity index (χ2n) is 9.90. The molecule has 0 radical (unpaired) electrons. The first-order chi connectivity index (χ1) is 21.2. The summed E-state index contributed by atoms with van der Waals surface area (Å²) in [4.78, 5) is 62.0. The lowest BCUT2D eigenvalue weighted by atomic mass is 10.2. The van der Waals surface area contributed by atoms with Crippen molar-refractivity contribution < 1.29 is 38.1 Å². The molecule has 2 aromatic rings. The molecule has 0 aromatic carbocycles. The molecule has 2 atom stereocenters. The Balaban J connectivity index is 1.45. The van der Waals surface area contributed by atoms with Crippen LogP contribution in [0.15, 0.2) is 61.0 Å². The van der Waals surface area contributed by atoms with E-state index < -0.39 is 36.1 Å². The number of aromatic nitrogens is 2.